The first kappa shape index (κ1) is 17.0. The van der Waals surface area contributed by atoms with Gasteiger partial charge in [0.05, 0.1) is 6.10 Å². The van der Waals surface area contributed by atoms with Gasteiger partial charge in [-0.2, -0.15) is 0 Å². The summed E-state index contributed by atoms with van der Waals surface area (Å²) in [6.45, 7) is 3.81. The molecule has 6 heteroatoms. The number of rotatable bonds is 4. The molecule has 0 aliphatic heterocycles. The van der Waals surface area contributed by atoms with Crippen LogP contribution in [0.25, 0.3) is 10.8 Å². The Hall–Kier alpha value is -2.79. The lowest BCUT2D eigenvalue weighted by Crippen LogP contribution is -2.14. The fourth-order valence-electron chi connectivity index (χ4n) is 2.45. The number of pyridine rings is 1. The summed E-state index contributed by atoms with van der Waals surface area (Å²) >= 11 is 6.20. The van der Waals surface area contributed by atoms with E-state index >= 15 is 0 Å². The third-order valence-corrected chi connectivity index (χ3v) is 3.81. The largest absolute Gasteiger partial charge is 0.505 e. The second kappa shape index (κ2) is 6.99. The quantitative estimate of drug-likeness (QED) is 0.668. The number of carbonyl (C=O) groups excluding carboxylic acids is 1. The van der Waals surface area contributed by atoms with Gasteiger partial charge in [0.1, 0.15) is 10.9 Å². The van der Waals surface area contributed by atoms with Crippen molar-refractivity contribution < 1.29 is 14.6 Å². The molecule has 0 radical (unpaired) electrons. The van der Waals surface area contributed by atoms with Gasteiger partial charge in [-0.05, 0) is 44.2 Å². The van der Waals surface area contributed by atoms with E-state index in [9.17, 15) is 9.90 Å². The number of nitrogens with one attached hydrogen (secondary N) is 1. The first-order valence-electron chi connectivity index (χ1n) is 7.81. The molecule has 5 nitrogen and oxygen atoms in total. The van der Waals surface area contributed by atoms with Gasteiger partial charge in [0.2, 0.25) is 0 Å². The summed E-state index contributed by atoms with van der Waals surface area (Å²) in [5.74, 6) is -0.195. The maximum atomic E-state index is 12.5. The van der Waals surface area contributed by atoms with Crippen molar-refractivity contribution in [1.82, 2.24) is 4.98 Å². The average Bonchev–Trinajstić information content (AvgIpc) is 2.58. The highest BCUT2D eigenvalue weighted by Gasteiger charge is 2.19. The molecule has 0 unspecified atom stereocenters. The zero-order valence-electron chi connectivity index (χ0n) is 13.8. The topological polar surface area (TPSA) is 71.5 Å². The van der Waals surface area contributed by atoms with Crippen LogP contribution in [-0.4, -0.2) is 22.1 Å². The fraction of sp³-hybridized carbons (Fsp3) is 0.158. The van der Waals surface area contributed by atoms with E-state index in [4.69, 9.17) is 16.3 Å². The molecule has 2 N–H and O–H groups in total. The number of benzene rings is 2. The molecule has 1 amide bonds. The monoisotopic (exact) mass is 356 g/mol. The van der Waals surface area contributed by atoms with E-state index in [2.05, 4.69) is 10.3 Å². The zero-order chi connectivity index (χ0) is 18.0. The summed E-state index contributed by atoms with van der Waals surface area (Å²) in [6.07, 6.45) is -0.0160. The Morgan fingerprint density at radius 2 is 1.88 bits per heavy atom. The molecule has 2 aromatic carbocycles. The first-order valence-corrected chi connectivity index (χ1v) is 8.19. The number of aromatic hydroxyl groups is 1. The molecule has 0 aliphatic carbocycles. The van der Waals surface area contributed by atoms with Crippen LogP contribution in [0.3, 0.4) is 0 Å². The number of hydrogen-bond acceptors (Lipinski definition) is 4. The predicted molar refractivity (Wildman–Crippen MR) is 98.6 cm³/mol. The summed E-state index contributed by atoms with van der Waals surface area (Å²) in [6, 6.07) is 14.0. The van der Waals surface area contributed by atoms with E-state index in [0.29, 0.717) is 22.2 Å². The Kier molecular flexibility index (Phi) is 4.76. The summed E-state index contributed by atoms with van der Waals surface area (Å²) in [4.78, 5) is 16.5. The van der Waals surface area contributed by atoms with Crippen LogP contribution in [0.2, 0.25) is 5.15 Å². The number of nitrogens with zero attached hydrogens (tertiary/aromatic N) is 1. The van der Waals surface area contributed by atoms with Crippen molar-refractivity contribution in [3.8, 4) is 11.5 Å². The van der Waals surface area contributed by atoms with Gasteiger partial charge in [0.25, 0.3) is 5.91 Å². The van der Waals surface area contributed by atoms with Gasteiger partial charge in [-0.25, -0.2) is 4.98 Å². The summed E-state index contributed by atoms with van der Waals surface area (Å²) < 4.78 is 5.64. The minimum absolute atomic E-state index is 0.0160. The highest BCUT2D eigenvalue weighted by molar-refractivity contribution is 6.35. The highest BCUT2D eigenvalue weighted by atomic mass is 35.5. The third kappa shape index (κ3) is 3.67. The Balaban J connectivity index is 2.03. The lowest BCUT2D eigenvalue weighted by Gasteiger charge is -2.13. The van der Waals surface area contributed by atoms with Crippen LogP contribution < -0.4 is 10.1 Å². The average molecular weight is 357 g/mol. The van der Waals surface area contributed by atoms with Gasteiger partial charge >= 0.3 is 0 Å². The Labute approximate surface area is 150 Å². The van der Waals surface area contributed by atoms with Gasteiger partial charge in [-0.1, -0.05) is 29.8 Å². The molecule has 25 heavy (non-hydrogen) atoms. The van der Waals surface area contributed by atoms with Crippen molar-refractivity contribution in [2.45, 2.75) is 20.0 Å². The standard InChI is InChI=1S/C19H17ClN2O3/c1-11(2)25-13-8-9-14-15(10-13)17(23)16(22-18(14)20)19(24)21-12-6-4-3-5-7-12/h3-11,23H,1-2H3,(H,21,24). The molecule has 0 atom stereocenters. The zero-order valence-corrected chi connectivity index (χ0v) is 14.5. The minimum atomic E-state index is -0.539. The molecule has 0 saturated heterocycles. The van der Waals surface area contributed by atoms with Crippen LogP contribution in [0.5, 0.6) is 11.5 Å². The van der Waals surface area contributed by atoms with Crippen molar-refractivity contribution in [1.29, 1.82) is 0 Å². The smallest absolute Gasteiger partial charge is 0.278 e. The van der Waals surface area contributed by atoms with Crippen molar-refractivity contribution in [2.24, 2.45) is 0 Å². The summed E-state index contributed by atoms with van der Waals surface area (Å²) in [7, 11) is 0. The number of ether oxygens (including phenoxy) is 1. The molecular formula is C19H17ClN2O3. The molecule has 128 valence electrons. The van der Waals surface area contributed by atoms with Gasteiger partial charge < -0.3 is 15.2 Å². The Morgan fingerprint density at radius 3 is 2.56 bits per heavy atom. The molecule has 0 saturated carbocycles. The highest BCUT2D eigenvalue weighted by Crippen LogP contribution is 2.35. The number of carbonyl (C=O) groups is 1. The third-order valence-electron chi connectivity index (χ3n) is 3.52. The molecular weight excluding hydrogens is 340 g/mol. The van der Waals surface area contributed by atoms with Crippen LogP contribution in [0.1, 0.15) is 24.3 Å². The van der Waals surface area contributed by atoms with Crippen molar-refractivity contribution >= 4 is 34.0 Å². The maximum Gasteiger partial charge on any atom is 0.278 e. The number of halogens is 1. The van der Waals surface area contributed by atoms with Gasteiger partial charge in [0, 0.05) is 16.5 Å². The number of anilines is 1. The lowest BCUT2D eigenvalue weighted by molar-refractivity contribution is 0.102. The van der Waals surface area contributed by atoms with E-state index in [1.807, 2.05) is 19.9 Å². The predicted octanol–water partition coefficient (Wildman–Crippen LogP) is 4.63. The second-order valence-electron chi connectivity index (χ2n) is 5.79. The molecule has 0 spiro atoms. The number of aromatic nitrogens is 1. The summed E-state index contributed by atoms with van der Waals surface area (Å²) in [5.41, 5.74) is 0.463. The minimum Gasteiger partial charge on any atom is -0.505 e. The molecule has 1 aromatic heterocycles. The van der Waals surface area contributed by atoms with Gasteiger partial charge in [-0.15, -0.1) is 0 Å². The molecule has 0 bridgehead atoms. The van der Waals surface area contributed by atoms with Gasteiger partial charge in [0.15, 0.2) is 11.4 Å². The van der Waals surface area contributed by atoms with Crippen LogP contribution in [0.4, 0.5) is 5.69 Å². The van der Waals surface area contributed by atoms with Crippen LogP contribution >= 0.6 is 11.6 Å². The number of fused-ring (bicyclic) bond motifs is 1. The lowest BCUT2D eigenvalue weighted by atomic mass is 10.1. The molecule has 0 aliphatic rings. The van der Waals surface area contributed by atoms with Crippen LogP contribution in [0, 0.1) is 0 Å². The van der Waals surface area contributed by atoms with Crippen molar-refractivity contribution in [3.63, 3.8) is 0 Å². The van der Waals surface area contributed by atoms with E-state index in [1.54, 1.807) is 42.5 Å². The van der Waals surface area contributed by atoms with E-state index < -0.39 is 5.91 Å². The van der Waals surface area contributed by atoms with E-state index in [-0.39, 0.29) is 22.7 Å². The Bertz CT molecular complexity index is 927. The van der Waals surface area contributed by atoms with Crippen LogP contribution in [0.15, 0.2) is 48.5 Å². The summed E-state index contributed by atoms with van der Waals surface area (Å²) in [5, 5.41) is 14.3. The molecule has 3 rings (SSSR count). The molecule has 3 aromatic rings. The van der Waals surface area contributed by atoms with Crippen LogP contribution in [-0.2, 0) is 0 Å². The first-order chi connectivity index (χ1) is 12.0. The van der Waals surface area contributed by atoms with Gasteiger partial charge in [-0.3, -0.25) is 4.79 Å². The molecule has 1 heterocycles. The normalized spacial score (nSPS) is 10.9. The second-order valence-corrected chi connectivity index (χ2v) is 6.15. The maximum absolute atomic E-state index is 12.5. The number of amides is 1. The van der Waals surface area contributed by atoms with Crippen molar-refractivity contribution in [2.75, 3.05) is 5.32 Å². The number of para-hydroxylation sites is 1. The molecule has 0 fully saturated rings. The number of hydrogen-bond donors (Lipinski definition) is 2. The van der Waals surface area contributed by atoms with E-state index in [0.717, 1.165) is 0 Å². The SMILES string of the molecule is CC(C)Oc1ccc2c(Cl)nc(C(=O)Nc3ccccc3)c(O)c2c1. The van der Waals surface area contributed by atoms with Crippen molar-refractivity contribution in [3.05, 3.63) is 59.4 Å². The van der Waals surface area contributed by atoms with E-state index in [1.165, 1.54) is 0 Å². The Morgan fingerprint density at radius 1 is 1.16 bits per heavy atom. The fourth-order valence-corrected chi connectivity index (χ4v) is 2.70.